The number of hydrogen-bond donors (Lipinski definition) is 1. The molecule has 0 bridgehead atoms. The number of nitrogens with one attached hydrogen (secondary N) is 1. The molecule has 2 aromatic heterocycles. The van der Waals surface area contributed by atoms with Crippen LogP contribution in [0.5, 0.6) is 0 Å². The first-order chi connectivity index (χ1) is 14.7. The number of carbonyl (C=O) groups is 1. The van der Waals surface area contributed by atoms with Crippen molar-refractivity contribution in [3.8, 4) is 0 Å². The lowest BCUT2D eigenvalue weighted by Crippen LogP contribution is -2.38. The Balaban J connectivity index is 1.46. The lowest BCUT2D eigenvalue weighted by Gasteiger charge is -2.28. The van der Waals surface area contributed by atoms with Gasteiger partial charge in [-0.15, -0.1) is 10.2 Å². The standard InChI is InChI=1S/C21H25N5O3S/c1-16(18-8-5-11-29-18)22-19(27)15-30-21-24-23-20(25-9-12-28-13-10-25)26(21)14-17-6-3-2-4-7-17/h2-8,11,16H,9-10,12-15H2,1H3,(H,22,27)/t16-/m1/s1. The predicted octanol–water partition coefficient (Wildman–Crippen LogP) is 2.73. The number of benzene rings is 1. The minimum atomic E-state index is -0.181. The third kappa shape index (κ3) is 5.03. The Morgan fingerprint density at radius 2 is 1.97 bits per heavy atom. The summed E-state index contributed by atoms with van der Waals surface area (Å²) in [6.45, 7) is 5.45. The van der Waals surface area contributed by atoms with E-state index in [9.17, 15) is 4.79 Å². The zero-order valence-electron chi connectivity index (χ0n) is 16.9. The Hall–Kier alpha value is -2.78. The second-order valence-corrected chi connectivity index (χ2v) is 7.99. The molecule has 1 N–H and O–H groups in total. The fourth-order valence-electron chi connectivity index (χ4n) is 3.31. The molecule has 0 unspecified atom stereocenters. The molecule has 8 nitrogen and oxygen atoms in total. The van der Waals surface area contributed by atoms with Crippen LogP contribution >= 0.6 is 11.8 Å². The number of ether oxygens (including phenoxy) is 1. The Labute approximate surface area is 179 Å². The first kappa shape index (κ1) is 20.5. The Morgan fingerprint density at radius 1 is 1.17 bits per heavy atom. The van der Waals surface area contributed by atoms with Crippen molar-refractivity contribution in [3.63, 3.8) is 0 Å². The molecule has 4 rings (SSSR count). The molecule has 0 radical (unpaired) electrons. The van der Waals surface area contributed by atoms with Crippen LogP contribution in [0.1, 0.15) is 24.3 Å². The summed E-state index contributed by atoms with van der Waals surface area (Å²) in [6.07, 6.45) is 1.60. The van der Waals surface area contributed by atoms with E-state index in [1.165, 1.54) is 11.8 Å². The van der Waals surface area contributed by atoms with Gasteiger partial charge in [0.05, 0.1) is 37.8 Å². The first-order valence-corrected chi connectivity index (χ1v) is 10.9. The van der Waals surface area contributed by atoms with Gasteiger partial charge in [0.2, 0.25) is 11.9 Å². The van der Waals surface area contributed by atoms with E-state index in [2.05, 4.69) is 37.1 Å². The fourth-order valence-corrected chi connectivity index (χ4v) is 4.06. The van der Waals surface area contributed by atoms with Gasteiger partial charge in [0.15, 0.2) is 5.16 Å². The summed E-state index contributed by atoms with van der Waals surface area (Å²) < 4.78 is 12.9. The van der Waals surface area contributed by atoms with E-state index in [0.29, 0.717) is 19.8 Å². The zero-order valence-corrected chi connectivity index (χ0v) is 17.7. The molecule has 1 aromatic carbocycles. The van der Waals surface area contributed by atoms with Crippen LogP contribution in [0.25, 0.3) is 0 Å². The summed E-state index contributed by atoms with van der Waals surface area (Å²) in [7, 11) is 0. The summed E-state index contributed by atoms with van der Waals surface area (Å²) in [5.74, 6) is 1.72. The smallest absolute Gasteiger partial charge is 0.231 e. The zero-order chi connectivity index (χ0) is 20.8. The molecular weight excluding hydrogens is 402 g/mol. The highest BCUT2D eigenvalue weighted by Crippen LogP contribution is 2.24. The van der Waals surface area contributed by atoms with Gasteiger partial charge in [-0.3, -0.25) is 9.36 Å². The molecule has 1 aliphatic heterocycles. The van der Waals surface area contributed by atoms with Crippen molar-refractivity contribution in [1.29, 1.82) is 0 Å². The number of hydrogen-bond acceptors (Lipinski definition) is 7. The Morgan fingerprint density at radius 3 is 2.70 bits per heavy atom. The van der Waals surface area contributed by atoms with E-state index in [1.54, 1.807) is 6.26 Å². The molecule has 0 spiro atoms. The summed E-state index contributed by atoms with van der Waals surface area (Å²) in [6, 6.07) is 13.7. The SMILES string of the molecule is C[C@@H](NC(=O)CSc1nnc(N2CCOCC2)n1Cc1ccccc1)c1ccco1. The van der Waals surface area contributed by atoms with E-state index in [-0.39, 0.29) is 17.7 Å². The van der Waals surface area contributed by atoms with E-state index in [4.69, 9.17) is 9.15 Å². The number of amides is 1. The highest BCUT2D eigenvalue weighted by Gasteiger charge is 2.22. The molecule has 0 saturated carbocycles. The average Bonchev–Trinajstić information content (AvgIpc) is 3.44. The maximum atomic E-state index is 12.4. The molecule has 1 saturated heterocycles. The van der Waals surface area contributed by atoms with Crippen LogP contribution in [0.15, 0.2) is 58.3 Å². The molecule has 30 heavy (non-hydrogen) atoms. The number of nitrogens with zero attached hydrogens (tertiary/aromatic N) is 4. The van der Waals surface area contributed by atoms with Gasteiger partial charge in [-0.25, -0.2) is 0 Å². The molecule has 0 aliphatic carbocycles. The van der Waals surface area contributed by atoms with Crippen LogP contribution in [0, 0.1) is 0 Å². The normalized spacial score (nSPS) is 15.2. The van der Waals surface area contributed by atoms with Crippen molar-refractivity contribution in [3.05, 3.63) is 60.1 Å². The van der Waals surface area contributed by atoms with Gasteiger partial charge >= 0.3 is 0 Å². The number of aromatic nitrogens is 3. The lowest BCUT2D eigenvalue weighted by atomic mass is 10.2. The van der Waals surface area contributed by atoms with E-state index < -0.39 is 0 Å². The van der Waals surface area contributed by atoms with Gasteiger partial charge in [-0.2, -0.15) is 0 Å². The largest absolute Gasteiger partial charge is 0.467 e. The Kier molecular flexibility index (Phi) is 6.70. The monoisotopic (exact) mass is 427 g/mol. The van der Waals surface area contributed by atoms with Crippen molar-refractivity contribution < 1.29 is 13.9 Å². The van der Waals surface area contributed by atoms with Crippen molar-refractivity contribution in [2.75, 3.05) is 37.0 Å². The van der Waals surface area contributed by atoms with Crippen molar-refractivity contribution in [1.82, 2.24) is 20.1 Å². The van der Waals surface area contributed by atoms with Crippen molar-refractivity contribution in [2.45, 2.75) is 24.7 Å². The van der Waals surface area contributed by atoms with Crippen molar-refractivity contribution in [2.24, 2.45) is 0 Å². The molecule has 1 atom stereocenters. The molecule has 1 aliphatic rings. The minimum Gasteiger partial charge on any atom is -0.467 e. The number of carbonyl (C=O) groups excluding carboxylic acids is 1. The number of morpholine rings is 1. The fraction of sp³-hybridized carbons (Fsp3) is 0.381. The van der Waals surface area contributed by atoms with Crippen molar-refractivity contribution >= 4 is 23.6 Å². The highest BCUT2D eigenvalue weighted by atomic mass is 32.2. The van der Waals surface area contributed by atoms with Crippen LogP contribution in [0.3, 0.4) is 0 Å². The van der Waals surface area contributed by atoms with Gasteiger partial charge in [-0.05, 0) is 24.6 Å². The molecular formula is C21H25N5O3S. The summed E-state index contributed by atoms with van der Waals surface area (Å²) in [5, 5.41) is 12.5. The average molecular weight is 428 g/mol. The molecule has 1 amide bonds. The quantitative estimate of drug-likeness (QED) is 0.553. The van der Waals surface area contributed by atoms with Crippen LogP contribution < -0.4 is 10.2 Å². The van der Waals surface area contributed by atoms with Crippen LogP contribution in [0.2, 0.25) is 0 Å². The third-order valence-corrected chi connectivity index (χ3v) is 5.82. The summed E-state index contributed by atoms with van der Waals surface area (Å²) in [5.41, 5.74) is 1.16. The number of thioether (sulfide) groups is 1. The van der Waals surface area contributed by atoms with Gasteiger partial charge in [0.25, 0.3) is 0 Å². The molecule has 158 valence electrons. The van der Waals surface area contributed by atoms with Gasteiger partial charge in [0, 0.05) is 13.1 Å². The second kappa shape index (κ2) is 9.82. The Bertz CT molecular complexity index is 939. The van der Waals surface area contributed by atoms with Gasteiger partial charge in [-0.1, -0.05) is 42.1 Å². The number of furan rings is 1. The van der Waals surface area contributed by atoms with Gasteiger partial charge in [0.1, 0.15) is 5.76 Å². The lowest BCUT2D eigenvalue weighted by molar-refractivity contribution is -0.119. The van der Waals surface area contributed by atoms with Gasteiger partial charge < -0.3 is 19.4 Å². The molecule has 1 fully saturated rings. The van der Waals surface area contributed by atoms with E-state index in [1.807, 2.05) is 37.3 Å². The molecule has 3 aromatic rings. The third-order valence-electron chi connectivity index (χ3n) is 4.85. The predicted molar refractivity (Wildman–Crippen MR) is 115 cm³/mol. The second-order valence-electron chi connectivity index (χ2n) is 7.05. The maximum Gasteiger partial charge on any atom is 0.231 e. The molecule has 9 heteroatoms. The summed E-state index contributed by atoms with van der Waals surface area (Å²) >= 11 is 1.39. The molecule has 3 heterocycles. The van der Waals surface area contributed by atoms with Crippen LogP contribution in [0.4, 0.5) is 5.95 Å². The van der Waals surface area contributed by atoms with E-state index >= 15 is 0 Å². The van der Waals surface area contributed by atoms with Crippen LogP contribution in [-0.4, -0.2) is 52.7 Å². The highest BCUT2D eigenvalue weighted by molar-refractivity contribution is 7.99. The number of rotatable bonds is 8. The minimum absolute atomic E-state index is 0.0777. The number of anilines is 1. The summed E-state index contributed by atoms with van der Waals surface area (Å²) in [4.78, 5) is 14.6. The first-order valence-electron chi connectivity index (χ1n) is 9.96. The van der Waals surface area contributed by atoms with E-state index in [0.717, 1.165) is 35.5 Å². The topological polar surface area (TPSA) is 85.4 Å². The maximum absolute atomic E-state index is 12.4. The van der Waals surface area contributed by atoms with Crippen LogP contribution in [-0.2, 0) is 16.1 Å².